The molecule has 2 atom stereocenters. The fourth-order valence-corrected chi connectivity index (χ4v) is 2.09. The molecule has 0 amide bonds. The Morgan fingerprint density at radius 1 is 1.36 bits per heavy atom. The molecule has 3 nitrogen and oxygen atoms in total. The van der Waals surface area contributed by atoms with Gasteiger partial charge in [0.2, 0.25) is 0 Å². The predicted octanol–water partition coefficient (Wildman–Crippen LogP) is 0.620. The maximum Gasteiger partial charge on any atom is 0.0371 e. The van der Waals surface area contributed by atoms with Crippen LogP contribution in [0, 0.1) is 0 Å². The summed E-state index contributed by atoms with van der Waals surface area (Å²) in [5.41, 5.74) is 0. The van der Waals surface area contributed by atoms with Gasteiger partial charge in [-0.05, 0) is 34.0 Å². The van der Waals surface area contributed by atoms with Gasteiger partial charge in [0.1, 0.15) is 0 Å². The first kappa shape index (κ1) is 12.0. The zero-order valence-electron chi connectivity index (χ0n) is 10.1. The molecule has 1 heterocycles. The van der Waals surface area contributed by atoms with Crippen LogP contribution in [0.2, 0.25) is 0 Å². The van der Waals surface area contributed by atoms with Gasteiger partial charge in [-0.2, -0.15) is 0 Å². The van der Waals surface area contributed by atoms with Gasteiger partial charge < -0.3 is 10.2 Å². The smallest absolute Gasteiger partial charge is 0.0371 e. The van der Waals surface area contributed by atoms with Gasteiger partial charge in [-0.3, -0.25) is 4.90 Å². The lowest BCUT2D eigenvalue weighted by Crippen LogP contribution is -2.57. The number of nitrogens with one attached hydrogen (secondary N) is 1. The Morgan fingerprint density at radius 3 is 2.71 bits per heavy atom. The van der Waals surface area contributed by atoms with Crippen LogP contribution >= 0.6 is 0 Å². The molecule has 0 aliphatic carbocycles. The van der Waals surface area contributed by atoms with Gasteiger partial charge in [-0.1, -0.05) is 6.92 Å². The molecule has 1 rings (SSSR count). The molecular weight excluding hydrogens is 174 g/mol. The molecule has 0 radical (unpaired) electrons. The van der Waals surface area contributed by atoms with Gasteiger partial charge in [0, 0.05) is 31.7 Å². The Bertz CT molecular complexity index is 161. The number of hydrogen-bond donors (Lipinski definition) is 1. The summed E-state index contributed by atoms with van der Waals surface area (Å²) in [7, 11) is 4.45. The van der Waals surface area contributed by atoms with Gasteiger partial charge in [-0.25, -0.2) is 0 Å². The second-order valence-electron chi connectivity index (χ2n) is 4.55. The minimum Gasteiger partial charge on any atom is -0.313 e. The van der Waals surface area contributed by atoms with Crippen molar-refractivity contribution in [2.75, 3.05) is 40.3 Å². The van der Waals surface area contributed by atoms with Crippen LogP contribution in [0.4, 0.5) is 0 Å². The molecule has 0 bridgehead atoms. The Kier molecular flexibility index (Phi) is 4.85. The van der Waals surface area contributed by atoms with E-state index in [4.69, 9.17) is 0 Å². The molecule has 1 aliphatic rings. The lowest BCUT2D eigenvalue weighted by atomic mass is 10.1. The molecule has 0 aromatic rings. The third kappa shape index (κ3) is 3.23. The zero-order valence-corrected chi connectivity index (χ0v) is 10.1. The summed E-state index contributed by atoms with van der Waals surface area (Å²) >= 11 is 0. The van der Waals surface area contributed by atoms with Gasteiger partial charge in [0.15, 0.2) is 0 Å². The number of rotatable bonds is 4. The van der Waals surface area contributed by atoms with Crippen molar-refractivity contribution in [1.82, 2.24) is 15.1 Å². The van der Waals surface area contributed by atoms with Gasteiger partial charge in [-0.15, -0.1) is 0 Å². The predicted molar refractivity (Wildman–Crippen MR) is 61.7 cm³/mol. The topological polar surface area (TPSA) is 18.5 Å². The Balaban J connectivity index is 2.38. The Labute approximate surface area is 88.5 Å². The highest BCUT2D eigenvalue weighted by Crippen LogP contribution is 2.09. The average Bonchev–Trinajstić information content (AvgIpc) is 2.18. The number of piperazine rings is 1. The normalized spacial score (nSPS) is 27.9. The molecule has 14 heavy (non-hydrogen) atoms. The first-order chi connectivity index (χ1) is 6.65. The second-order valence-corrected chi connectivity index (χ2v) is 4.55. The molecule has 3 heteroatoms. The molecule has 1 saturated heterocycles. The standard InChI is InChI=1S/C11H25N3/c1-5-6-12-10(2)11-9-13(3)7-8-14(11)4/h10-12H,5-9H2,1-4H3. The molecule has 0 aromatic heterocycles. The van der Waals surface area contributed by atoms with E-state index in [9.17, 15) is 0 Å². The summed E-state index contributed by atoms with van der Waals surface area (Å²) in [4.78, 5) is 4.90. The number of nitrogens with zero attached hydrogens (tertiary/aromatic N) is 2. The molecule has 0 aromatic carbocycles. The van der Waals surface area contributed by atoms with E-state index in [-0.39, 0.29) is 0 Å². The van der Waals surface area contributed by atoms with E-state index in [1.165, 1.54) is 26.1 Å². The van der Waals surface area contributed by atoms with Crippen LogP contribution in [0.15, 0.2) is 0 Å². The molecule has 1 aliphatic heterocycles. The van der Waals surface area contributed by atoms with Gasteiger partial charge >= 0.3 is 0 Å². The Morgan fingerprint density at radius 2 is 2.07 bits per heavy atom. The van der Waals surface area contributed by atoms with E-state index in [1.54, 1.807) is 0 Å². The van der Waals surface area contributed by atoms with Gasteiger partial charge in [0.25, 0.3) is 0 Å². The summed E-state index contributed by atoms with van der Waals surface area (Å²) in [5.74, 6) is 0. The first-order valence-corrected chi connectivity index (χ1v) is 5.77. The van der Waals surface area contributed by atoms with E-state index < -0.39 is 0 Å². The van der Waals surface area contributed by atoms with Crippen molar-refractivity contribution in [2.45, 2.75) is 32.4 Å². The molecule has 0 spiro atoms. The average molecular weight is 199 g/mol. The third-order valence-corrected chi connectivity index (χ3v) is 3.19. The van der Waals surface area contributed by atoms with Crippen molar-refractivity contribution in [2.24, 2.45) is 0 Å². The SMILES string of the molecule is CCCNC(C)C1CN(C)CCN1C. The maximum atomic E-state index is 3.58. The zero-order chi connectivity index (χ0) is 10.6. The number of hydrogen-bond acceptors (Lipinski definition) is 3. The van der Waals surface area contributed by atoms with Crippen molar-refractivity contribution in [3.05, 3.63) is 0 Å². The molecule has 2 unspecified atom stereocenters. The van der Waals surface area contributed by atoms with Crippen molar-refractivity contribution in [3.63, 3.8) is 0 Å². The fraction of sp³-hybridized carbons (Fsp3) is 1.00. The van der Waals surface area contributed by atoms with Crippen LogP contribution in [-0.2, 0) is 0 Å². The van der Waals surface area contributed by atoms with E-state index >= 15 is 0 Å². The molecule has 84 valence electrons. The lowest BCUT2D eigenvalue weighted by molar-refractivity contribution is 0.0922. The van der Waals surface area contributed by atoms with Crippen molar-refractivity contribution >= 4 is 0 Å². The van der Waals surface area contributed by atoms with Crippen LogP contribution in [0.3, 0.4) is 0 Å². The highest BCUT2D eigenvalue weighted by Gasteiger charge is 2.26. The molecular formula is C11H25N3. The maximum absolute atomic E-state index is 3.58. The highest BCUT2D eigenvalue weighted by atomic mass is 15.3. The lowest BCUT2D eigenvalue weighted by Gasteiger charge is -2.41. The Hall–Kier alpha value is -0.120. The van der Waals surface area contributed by atoms with Crippen LogP contribution in [-0.4, -0.2) is 62.2 Å². The monoisotopic (exact) mass is 199 g/mol. The minimum atomic E-state index is 0.600. The highest BCUT2D eigenvalue weighted by molar-refractivity contribution is 4.86. The van der Waals surface area contributed by atoms with Crippen LogP contribution in [0.25, 0.3) is 0 Å². The summed E-state index contributed by atoms with van der Waals surface area (Å²) < 4.78 is 0. The molecule has 1 fully saturated rings. The largest absolute Gasteiger partial charge is 0.313 e. The number of likely N-dealkylation sites (N-methyl/N-ethyl adjacent to an activating group) is 2. The van der Waals surface area contributed by atoms with Crippen molar-refractivity contribution < 1.29 is 0 Å². The van der Waals surface area contributed by atoms with Crippen LogP contribution < -0.4 is 5.32 Å². The fourth-order valence-electron chi connectivity index (χ4n) is 2.09. The molecule has 1 N–H and O–H groups in total. The van der Waals surface area contributed by atoms with E-state index in [0.717, 1.165) is 6.54 Å². The van der Waals surface area contributed by atoms with E-state index in [1.807, 2.05) is 0 Å². The molecule has 0 saturated carbocycles. The summed E-state index contributed by atoms with van der Waals surface area (Å²) in [6.45, 7) is 9.24. The summed E-state index contributed by atoms with van der Waals surface area (Å²) in [6, 6.07) is 1.27. The van der Waals surface area contributed by atoms with Crippen molar-refractivity contribution in [1.29, 1.82) is 0 Å². The minimum absolute atomic E-state index is 0.600. The first-order valence-electron chi connectivity index (χ1n) is 5.77. The van der Waals surface area contributed by atoms with E-state index in [2.05, 4.69) is 43.1 Å². The van der Waals surface area contributed by atoms with Crippen LogP contribution in [0.1, 0.15) is 20.3 Å². The van der Waals surface area contributed by atoms with E-state index in [0.29, 0.717) is 12.1 Å². The summed E-state index contributed by atoms with van der Waals surface area (Å²) in [6.07, 6.45) is 1.22. The second kappa shape index (κ2) is 5.69. The van der Waals surface area contributed by atoms with Crippen LogP contribution in [0.5, 0.6) is 0 Å². The van der Waals surface area contributed by atoms with Crippen molar-refractivity contribution in [3.8, 4) is 0 Å². The summed E-state index contributed by atoms with van der Waals surface area (Å²) in [5, 5.41) is 3.58. The third-order valence-electron chi connectivity index (χ3n) is 3.19. The van der Waals surface area contributed by atoms with Gasteiger partial charge in [0.05, 0.1) is 0 Å². The quantitative estimate of drug-likeness (QED) is 0.716.